The Hall–Kier alpha value is -1.35. The third kappa shape index (κ3) is 7.48. The Morgan fingerprint density at radius 3 is 2.79 bits per heavy atom. The first-order valence-corrected chi connectivity index (χ1v) is 8.70. The molecule has 0 bridgehead atoms. The summed E-state index contributed by atoms with van der Waals surface area (Å²) in [7, 11) is 0. The smallest absolute Gasteiger partial charge is 0.191 e. The summed E-state index contributed by atoms with van der Waals surface area (Å²) in [4.78, 5) is 10.2. The lowest BCUT2D eigenvalue weighted by atomic mass is 10.1. The lowest BCUT2D eigenvalue weighted by Crippen LogP contribution is -2.38. The van der Waals surface area contributed by atoms with Gasteiger partial charge in [-0.2, -0.15) is 0 Å². The molecule has 0 aliphatic heterocycles. The van der Waals surface area contributed by atoms with Gasteiger partial charge in [0.15, 0.2) is 5.96 Å². The first-order chi connectivity index (χ1) is 11.2. The summed E-state index contributed by atoms with van der Waals surface area (Å²) >= 11 is 1.72. The van der Waals surface area contributed by atoms with Crippen LogP contribution in [0.2, 0.25) is 0 Å². The number of phenolic OH excluding ortho intramolecular Hbond substituents is 1. The van der Waals surface area contributed by atoms with Crippen LogP contribution in [-0.4, -0.2) is 35.7 Å². The van der Waals surface area contributed by atoms with E-state index in [0.29, 0.717) is 12.3 Å². The molecule has 24 heavy (non-hydrogen) atoms. The number of hydrogen-bond acceptors (Lipinski definition) is 4. The van der Waals surface area contributed by atoms with Crippen LogP contribution >= 0.6 is 35.3 Å². The number of halogens is 1. The second-order valence-corrected chi connectivity index (χ2v) is 6.54. The Kier molecular flexibility index (Phi) is 9.70. The molecular weight excluding hydrogens is 435 g/mol. The van der Waals surface area contributed by atoms with Crippen LogP contribution in [0.4, 0.5) is 0 Å². The van der Waals surface area contributed by atoms with E-state index in [-0.39, 0.29) is 24.0 Å². The number of aliphatic imine (C=N–C) groups is 1. The maximum atomic E-state index is 9.47. The molecule has 132 valence electrons. The van der Waals surface area contributed by atoms with E-state index in [0.717, 1.165) is 42.5 Å². The lowest BCUT2D eigenvalue weighted by Gasteiger charge is -2.11. The van der Waals surface area contributed by atoms with Gasteiger partial charge in [0, 0.05) is 37.1 Å². The second-order valence-electron chi connectivity index (χ2n) is 5.22. The van der Waals surface area contributed by atoms with Crippen molar-refractivity contribution < 1.29 is 5.11 Å². The number of thiazole rings is 1. The van der Waals surface area contributed by atoms with Crippen LogP contribution < -0.4 is 10.6 Å². The molecule has 2 aromatic rings. The molecule has 0 amide bonds. The Labute approximate surface area is 164 Å². The third-order valence-electron chi connectivity index (χ3n) is 3.23. The summed E-state index contributed by atoms with van der Waals surface area (Å²) in [5, 5.41) is 17.2. The van der Waals surface area contributed by atoms with Gasteiger partial charge in [-0.1, -0.05) is 12.1 Å². The molecule has 7 heteroatoms. The molecule has 0 saturated heterocycles. The Morgan fingerprint density at radius 2 is 2.12 bits per heavy atom. The number of rotatable bonds is 7. The fraction of sp³-hybridized carbons (Fsp3) is 0.412. The number of nitrogens with one attached hydrogen (secondary N) is 2. The zero-order valence-corrected chi connectivity index (χ0v) is 17.2. The van der Waals surface area contributed by atoms with Gasteiger partial charge in [-0.15, -0.1) is 35.3 Å². The van der Waals surface area contributed by atoms with E-state index < -0.39 is 0 Å². The van der Waals surface area contributed by atoms with Gasteiger partial charge < -0.3 is 15.7 Å². The maximum absolute atomic E-state index is 9.47. The summed E-state index contributed by atoms with van der Waals surface area (Å²) in [6.07, 6.45) is 3.61. The van der Waals surface area contributed by atoms with E-state index in [9.17, 15) is 5.11 Å². The SMILES string of the molecule is CCNC(=NCCc1ncc(C)s1)NCCc1cccc(O)c1.I. The van der Waals surface area contributed by atoms with Gasteiger partial charge in [0.2, 0.25) is 0 Å². The maximum Gasteiger partial charge on any atom is 0.191 e. The largest absolute Gasteiger partial charge is 0.508 e. The molecule has 1 aromatic carbocycles. The Bertz CT molecular complexity index is 645. The van der Waals surface area contributed by atoms with Crippen molar-refractivity contribution >= 4 is 41.3 Å². The zero-order chi connectivity index (χ0) is 16.5. The summed E-state index contributed by atoms with van der Waals surface area (Å²) < 4.78 is 0. The number of nitrogens with zero attached hydrogens (tertiary/aromatic N) is 2. The van der Waals surface area contributed by atoms with Gasteiger partial charge in [-0.3, -0.25) is 4.99 Å². The van der Waals surface area contributed by atoms with Crippen molar-refractivity contribution in [3.05, 3.63) is 45.9 Å². The topological polar surface area (TPSA) is 69.5 Å². The average Bonchev–Trinajstić information content (AvgIpc) is 2.93. The molecule has 5 nitrogen and oxygen atoms in total. The standard InChI is InChI=1S/C17H24N4OS.HI/c1-3-18-17(20-10-8-16-21-12-13(2)23-16)19-9-7-14-5-4-6-15(22)11-14;/h4-6,11-12,22H,3,7-10H2,1-2H3,(H2,18,19,20);1H. The molecular formula is C17H25IN4OS. The minimum absolute atomic E-state index is 0. The number of hydrogen-bond donors (Lipinski definition) is 3. The van der Waals surface area contributed by atoms with Gasteiger partial charge in [0.05, 0.1) is 5.01 Å². The van der Waals surface area contributed by atoms with Crippen molar-refractivity contribution in [2.24, 2.45) is 4.99 Å². The highest BCUT2D eigenvalue weighted by molar-refractivity contribution is 14.0. The monoisotopic (exact) mass is 460 g/mol. The van der Waals surface area contributed by atoms with Crippen molar-refractivity contribution in [2.75, 3.05) is 19.6 Å². The molecule has 0 spiro atoms. The minimum atomic E-state index is 0. The average molecular weight is 460 g/mol. The highest BCUT2D eigenvalue weighted by atomic mass is 127. The Balaban J connectivity index is 0.00000288. The molecule has 0 atom stereocenters. The molecule has 0 radical (unpaired) electrons. The molecule has 1 aromatic heterocycles. The summed E-state index contributed by atoms with van der Waals surface area (Å²) in [6, 6.07) is 7.34. The number of phenols is 1. The van der Waals surface area contributed by atoms with E-state index in [4.69, 9.17) is 0 Å². The van der Waals surface area contributed by atoms with E-state index in [2.05, 4.69) is 34.5 Å². The molecule has 0 fully saturated rings. The number of aromatic hydroxyl groups is 1. The lowest BCUT2D eigenvalue weighted by molar-refractivity contribution is 0.474. The van der Waals surface area contributed by atoms with Gasteiger partial charge in [0.25, 0.3) is 0 Å². The minimum Gasteiger partial charge on any atom is -0.508 e. The zero-order valence-electron chi connectivity index (χ0n) is 14.1. The first-order valence-electron chi connectivity index (χ1n) is 7.88. The van der Waals surface area contributed by atoms with Crippen LogP contribution in [0.1, 0.15) is 22.4 Å². The third-order valence-corrected chi connectivity index (χ3v) is 4.20. The molecule has 0 aliphatic carbocycles. The van der Waals surface area contributed by atoms with Crippen LogP contribution in [0.15, 0.2) is 35.5 Å². The fourth-order valence-corrected chi connectivity index (χ4v) is 2.94. The predicted octanol–water partition coefficient (Wildman–Crippen LogP) is 3.12. The fourth-order valence-electron chi connectivity index (χ4n) is 2.16. The van der Waals surface area contributed by atoms with Crippen LogP contribution in [0.5, 0.6) is 5.75 Å². The van der Waals surface area contributed by atoms with E-state index in [1.54, 1.807) is 23.5 Å². The Morgan fingerprint density at radius 1 is 1.29 bits per heavy atom. The summed E-state index contributed by atoms with van der Waals surface area (Å²) in [5.41, 5.74) is 1.10. The number of guanidine groups is 1. The van der Waals surface area contributed by atoms with Gasteiger partial charge >= 0.3 is 0 Å². The highest BCUT2D eigenvalue weighted by Gasteiger charge is 2.01. The normalized spacial score (nSPS) is 11.0. The van der Waals surface area contributed by atoms with E-state index in [1.807, 2.05) is 18.3 Å². The summed E-state index contributed by atoms with van der Waals surface area (Å²) in [5.74, 6) is 1.13. The number of benzene rings is 1. The molecule has 0 saturated carbocycles. The van der Waals surface area contributed by atoms with E-state index in [1.165, 1.54) is 4.88 Å². The van der Waals surface area contributed by atoms with Crippen molar-refractivity contribution in [2.45, 2.75) is 26.7 Å². The summed E-state index contributed by atoms with van der Waals surface area (Å²) in [6.45, 7) is 6.43. The van der Waals surface area contributed by atoms with Crippen molar-refractivity contribution in [3.63, 3.8) is 0 Å². The quantitative estimate of drug-likeness (QED) is 0.338. The van der Waals surface area contributed by atoms with Crippen LogP contribution in [0.25, 0.3) is 0 Å². The first kappa shape index (κ1) is 20.7. The second kappa shape index (κ2) is 11.2. The molecule has 0 unspecified atom stereocenters. The van der Waals surface area contributed by atoms with Crippen LogP contribution in [0, 0.1) is 6.92 Å². The molecule has 1 heterocycles. The molecule has 2 rings (SSSR count). The predicted molar refractivity (Wildman–Crippen MR) is 112 cm³/mol. The van der Waals surface area contributed by atoms with Gasteiger partial charge in [0.1, 0.15) is 5.75 Å². The van der Waals surface area contributed by atoms with Gasteiger partial charge in [-0.05, 0) is 38.0 Å². The molecule has 0 aliphatic rings. The number of aryl methyl sites for hydroxylation is 1. The number of aromatic nitrogens is 1. The van der Waals surface area contributed by atoms with Crippen molar-refractivity contribution in [1.29, 1.82) is 0 Å². The van der Waals surface area contributed by atoms with Gasteiger partial charge in [-0.25, -0.2) is 4.98 Å². The van der Waals surface area contributed by atoms with Crippen molar-refractivity contribution in [3.8, 4) is 5.75 Å². The van der Waals surface area contributed by atoms with E-state index >= 15 is 0 Å². The van der Waals surface area contributed by atoms with Crippen LogP contribution in [0.3, 0.4) is 0 Å². The highest BCUT2D eigenvalue weighted by Crippen LogP contribution is 2.12. The van der Waals surface area contributed by atoms with Crippen LogP contribution in [-0.2, 0) is 12.8 Å². The molecule has 3 N–H and O–H groups in total. The van der Waals surface area contributed by atoms with Crippen molar-refractivity contribution in [1.82, 2.24) is 15.6 Å².